The van der Waals surface area contributed by atoms with Crippen LogP contribution >= 0.6 is 0 Å². The largest absolute Gasteiger partial charge is 0.318 e. The molecule has 0 aromatic carbocycles. The third-order valence-corrected chi connectivity index (χ3v) is 3.49. The average Bonchev–Trinajstić information content (AvgIpc) is 2.65. The molecule has 2 heteroatoms. The third kappa shape index (κ3) is 3.28. The molecule has 0 aromatic heterocycles. The minimum atomic E-state index is 0.774. The molecule has 13 heavy (non-hydrogen) atoms. The van der Waals surface area contributed by atoms with Gasteiger partial charge >= 0.3 is 0 Å². The van der Waals surface area contributed by atoms with E-state index < -0.39 is 0 Å². The highest BCUT2D eigenvalue weighted by atomic mass is 15.1. The lowest BCUT2D eigenvalue weighted by Crippen LogP contribution is -2.38. The zero-order valence-corrected chi connectivity index (χ0v) is 9.34. The van der Waals surface area contributed by atoms with E-state index in [0.717, 1.165) is 18.5 Å². The van der Waals surface area contributed by atoms with Crippen molar-refractivity contribution >= 4 is 0 Å². The first kappa shape index (κ1) is 11.0. The van der Waals surface area contributed by atoms with Crippen molar-refractivity contribution in [3.63, 3.8) is 0 Å². The van der Waals surface area contributed by atoms with Crippen molar-refractivity contribution in [2.45, 2.75) is 38.6 Å². The quantitative estimate of drug-likeness (QED) is 0.700. The van der Waals surface area contributed by atoms with Crippen LogP contribution in [0, 0.1) is 5.92 Å². The summed E-state index contributed by atoms with van der Waals surface area (Å²) in [5.74, 6) is 0.960. The number of nitrogens with one attached hydrogen (secondary N) is 1. The first-order chi connectivity index (χ1) is 6.25. The lowest BCUT2D eigenvalue weighted by Gasteiger charge is -2.29. The monoisotopic (exact) mass is 184 g/mol. The first-order valence-electron chi connectivity index (χ1n) is 5.60. The molecular weight excluding hydrogens is 160 g/mol. The van der Waals surface area contributed by atoms with Crippen LogP contribution < -0.4 is 5.32 Å². The maximum absolute atomic E-state index is 3.20. The highest BCUT2D eigenvalue weighted by Crippen LogP contribution is 2.29. The van der Waals surface area contributed by atoms with Crippen LogP contribution in [0.2, 0.25) is 0 Å². The fourth-order valence-corrected chi connectivity index (χ4v) is 2.29. The van der Waals surface area contributed by atoms with Crippen molar-refractivity contribution in [1.29, 1.82) is 0 Å². The first-order valence-corrected chi connectivity index (χ1v) is 5.60. The second-order valence-corrected chi connectivity index (χ2v) is 4.37. The smallest absolute Gasteiger partial charge is 0.0107 e. The summed E-state index contributed by atoms with van der Waals surface area (Å²) in [6.07, 6.45) is 5.81. The molecule has 78 valence electrons. The molecule has 0 bridgehead atoms. The summed E-state index contributed by atoms with van der Waals surface area (Å²) in [7, 11) is 4.27. The molecule has 1 unspecified atom stereocenters. The van der Waals surface area contributed by atoms with Crippen molar-refractivity contribution in [3.05, 3.63) is 0 Å². The van der Waals surface area contributed by atoms with E-state index in [2.05, 4.69) is 24.2 Å². The van der Waals surface area contributed by atoms with Crippen LogP contribution in [0.4, 0.5) is 0 Å². The van der Waals surface area contributed by atoms with Gasteiger partial charge in [0.2, 0.25) is 0 Å². The molecule has 0 spiro atoms. The number of nitrogens with zero attached hydrogens (tertiary/aromatic N) is 1. The molecule has 0 radical (unpaired) electrons. The Morgan fingerprint density at radius 2 is 2.00 bits per heavy atom. The van der Waals surface area contributed by atoms with Gasteiger partial charge in [-0.15, -0.1) is 0 Å². The molecule has 1 N–H and O–H groups in total. The molecule has 2 nitrogen and oxygen atoms in total. The molecule has 0 amide bonds. The minimum Gasteiger partial charge on any atom is -0.318 e. The predicted octanol–water partition coefficient (Wildman–Crippen LogP) is 1.72. The molecule has 1 saturated carbocycles. The Morgan fingerprint density at radius 3 is 2.54 bits per heavy atom. The Hall–Kier alpha value is -0.0800. The molecular formula is C11H24N2. The van der Waals surface area contributed by atoms with E-state index in [4.69, 9.17) is 0 Å². The molecule has 0 aromatic rings. The SMILES string of the molecule is CNCCN(C)C(C)C1CCCC1. The van der Waals surface area contributed by atoms with E-state index in [-0.39, 0.29) is 0 Å². The van der Waals surface area contributed by atoms with Gasteiger partial charge in [0, 0.05) is 19.1 Å². The Labute approximate surface area is 82.7 Å². The average molecular weight is 184 g/mol. The van der Waals surface area contributed by atoms with Crippen molar-refractivity contribution in [2.24, 2.45) is 5.92 Å². The fraction of sp³-hybridized carbons (Fsp3) is 1.00. The van der Waals surface area contributed by atoms with Gasteiger partial charge in [-0.2, -0.15) is 0 Å². The lowest BCUT2D eigenvalue weighted by atomic mass is 9.99. The van der Waals surface area contributed by atoms with E-state index in [1.54, 1.807) is 0 Å². The van der Waals surface area contributed by atoms with Crippen LogP contribution in [0.25, 0.3) is 0 Å². The summed E-state index contributed by atoms with van der Waals surface area (Å²) >= 11 is 0. The van der Waals surface area contributed by atoms with Crippen molar-refractivity contribution in [1.82, 2.24) is 10.2 Å². The van der Waals surface area contributed by atoms with E-state index in [0.29, 0.717) is 0 Å². The van der Waals surface area contributed by atoms with Crippen molar-refractivity contribution in [2.75, 3.05) is 27.2 Å². The number of likely N-dealkylation sites (N-methyl/N-ethyl adjacent to an activating group) is 2. The Kier molecular flexibility index (Phi) is 4.74. The van der Waals surface area contributed by atoms with Gasteiger partial charge in [0.05, 0.1) is 0 Å². The van der Waals surface area contributed by atoms with Gasteiger partial charge in [-0.3, -0.25) is 0 Å². The minimum absolute atomic E-state index is 0.774. The zero-order valence-electron chi connectivity index (χ0n) is 9.34. The molecule has 1 fully saturated rings. The third-order valence-electron chi connectivity index (χ3n) is 3.49. The molecule has 1 atom stereocenters. The zero-order chi connectivity index (χ0) is 9.68. The van der Waals surface area contributed by atoms with Crippen LogP contribution in [0.1, 0.15) is 32.6 Å². The second-order valence-electron chi connectivity index (χ2n) is 4.37. The highest BCUT2D eigenvalue weighted by Gasteiger charge is 2.23. The summed E-state index contributed by atoms with van der Waals surface area (Å²) in [6.45, 7) is 4.66. The van der Waals surface area contributed by atoms with E-state index in [9.17, 15) is 0 Å². The maximum Gasteiger partial charge on any atom is 0.0107 e. The second kappa shape index (κ2) is 5.61. The fourth-order valence-electron chi connectivity index (χ4n) is 2.29. The van der Waals surface area contributed by atoms with Gasteiger partial charge < -0.3 is 10.2 Å². The van der Waals surface area contributed by atoms with Gasteiger partial charge in [-0.05, 0) is 39.8 Å². The summed E-state index contributed by atoms with van der Waals surface area (Å²) in [6, 6.07) is 0.774. The van der Waals surface area contributed by atoms with Gasteiger partial charge in [0.15, 0.2) is 0 Å². The van der Waals surface area contributed by atoms with Gasteiger partial charge in [0.25, 0.3) is 0 Å². The standard InChI is InChI=1S/C11H24N2/c1-10(11-6-4-5-7-11)13(3)9-8-12-2/h10-12H,4-9H2,1-3H3. The Morgan fingerprint density at radius 1 is 1.38 bits per heavy atom. The number of rotatable bonds is 5. The summed E-state index contributed by atoms with van der Waals surface area (Å²) in [5.41, 5.74) is 0. The van der Waals surface area contributed by atoms with Crippen LogP contribution in [-0.2, 0) is 0 Å². The van der Waals surface area contributed by atoms with Gasteiger partial charge in [-0.1, -0.05) is 12.8 Å². The molecule has 0 heterocycles. The summed E-state index contributed by atoms with van der Waals surface area (Å²) < 4.78 is 0. The van der Waals surface area contributed by atoms with Crippen LogP contribution in [0.3, 0.4) is 0 Å². The predicted molar refractivity (Wildman–Crippen MR) is 58.0 cm³/mol. The topological polar surface area (TPSA) is 15.3 Å². The summed E-state index contributed by atoms with van der Waals surface area (Å²) in [5, 5.41) is 3.20. The van der Waals surface area contributed by atoms with Gasteiger partial charge in [-0.25, -0.2) is 0 Å². The number of hydrogen-bond donors (Lipinski definition) is 1. The molecule has 0 saturated heterocycles. The molecule has 1 aliphatic carbocycles. The maximum atomic E-state index is 3.20. The normalized spacial score (nSPS) is 21.2. The van der Waals surface area contributed by atoms with E-state index in [1.165, 1.54) is 32.2 Å². The van der Waals surface area contributed by atoms with Crippen LogP contribution in [0.15, 0.2) is 0 Å². The molecule has 1 rings (SSSR count). The van der Waals surface area contributed by atoms with Crippen molar-refractivity contribution in [3.8, 4) is 0 Å². The highest BCUT2D eigenvalue weighted by molar-refractivity contribution is 4.78. The lowest BCUT2D eigenvalue weighted by molar-refractivity contribution is 0.193. The van der Waals surface area contributed by atoms with Gasteiger partial charge in [0.1, 0.15) is 0 Å². The Balaban J connectivity index is 2.23. The van der Waals surface area contributed by atoms with Crippen LogP contribution in [-0.4, -0.2) is 38.1 Å². The van der Waals surface area contributed by atoms with Crippen LogP contribution in [0.5, 0.6) is 0 Å². The molecule has 0 aliphatic heterocycles. The van der Waals surface area contributed by atoms with Crippen molar-refractivity contribution < 1.29 is 0 Å². The summed E-state index contributed by atoms with van der Waals surface area (Å²) in [4.78, 5) is 2.49. The van der Waals surface area contributed by atoms with E-state index in [1.807, 2.05) is 7.05 Å². The van der Waals surface area contributed by atoms with E-state index >= 15 is 0 Å². The number of hydrogen-bond acceptors (Lipinski definition) is 2. The molecule has 1 aliphatic rings. The Bertz CT molecular complexity index is 130.